The zero-order valence-electron chi connectivity index (χ0n) is 33.3. The van der Waals surface area contributed by atoms with Crippen molar-refractivity contribution in [1.82, 2.24) is 49.9 Å². The number of aromatic nitrogens is 10. The molecule has 0 aliphatic carbocycles. The molecule has 2 aliphatic heterocycles. The third-order valence-corrected chi connectivity index (χ3v) is 10.7. The van der Waals surface area contributed by atoms with Gasteiger partial charge in [0, 0.05) is 47.1 Å². The van der Waals surface area contributed by atoms with Crippen molar-refractivity contribution in [3.8, 4) is 0 Å². The van der Waals surface area contributed by atoms with Crippen LogP contribution in [-0.4, -0.2) is 97.5 Å². The van der Waals surface area contributed by atoms with E-state index in [-0.39, 0.29) is 10.8 Å². The van der Waals surface area contributed by atoms with E-state index in [4.69, 9.17) is 33.2 Å². The van der Waals surface area contributed by atoms with Gasteiger partial charge in [-0.2, -0.15) is 9.59 Å². The number of halogens is 2. The van der Waals surface area contributed by atoms with Crippen LogP contribution in [0.5, 0.6) is 0 Å². The molecule has 2 saturated heterocycles. The highest BCUT2D eigenvalue weighted by Crippen LogP contribution is 2.33. The van der Waals surface area contributed by atoms with Gasteiger partial charge < -0.3 is 20.0 Å². The van der Waals surface area contributed by atoms with Crippen LogP contribution in [0.15, 0.2) is 48.5 Å². The van der Waals surface area contributed by atoms with Crippen LogP contribution in [-0.2, 0) is 23.9 Å². The Hall–Kier alpha value is -4.50. The number of rotatable bonds is 6. The van der Waals surface area contributed by atoms with Crippen molar-refractivity contribution >= 4 is 57.2 Å². The van der Waals surface area contributed by atoms with E-state index in [0.29, 0.717) is 83.0 Å². The predicted octanol–water partition coefficient (Wildman–Crippen LogP) is 6.36. The number of hydrogen-bond acceptors (Lipinski definition) is 12. The van der Waals surface area contributed by atoms with Crippen molar-refractivity contribution < 1.29 is 10.2 Å². The summed E-state index contributed by atoms with van der Waals surface area (Å²) in [6.07, 6.45) is 1.38. The van der Waals surface area contributed by atoms with Crippen LogP contribution in [0.3, 0.4) is 0 Å². The molecule has 16 heteroatoms. The fourth-order valence-corrected chi connectivity index (χ4v) is 7.13. The van der Waals surface area contributed by atoms with Crippen LogP contribution in [0.4, 0.5) is 11.6 Å². The molecule has 0 bridgehead atoms. The predicted molar refractivity (Wildman–Crippen MR) is 220 cm³/mol. The minimum atomic E-state index is -0.729. The Morgan fingerprint density at radius 1 is 0.589 bits per heavy atom. The Kier molecular flexibility index (Phi) is 10.5. The highest BCUT2D eigenvalue weighted by Gasteiger charge is 2.36. The van der Waals surface area contributed by atoms with Gasteiger partial charge in [-0.15, -0.1) is 20.4 Å². The number of β-amino-alcohol motifs (C(OH)–C–C–N with tert-alkyl or cyclic N) is 2. The molecule has 296 valence electrons. The monoisotopic (exact) mass is 800 g/mol. The molecule has 2 N–H and O–H groups in total. The second kappa shape index (κ2) is 14.8. The van der Waals surface area contributed by atoms with Crippen molar-refractivity contribution in [2.24, 2.45) is 0 Å². The molecule has 2 aromatic carbocycles. The summed E-state index contributed by atoms with van der Waals surface area (Å²) in [5.74, 6) is 2.90. The molecular formula is C40H50Cl2N12O2. The van der Waals surface area contributed by atoms with Crippen LogP contribution in [0, 0.1) is 0 Å². The number of hydrogen-bond donors (Lipinski definition) is 2. The van der Waals surface area contributed by atoms with Gasteiger partial charge in [-0.25, -0.2) is 19.9 Å². The number of benzene rings is 2. The van der Waals surface area contributed by atoms with Crippen LogP contribution in [0.1, 0.15) is 91.0 Å². The molecule has 0 unspecified atom stereocenters. The van der Waals surface area contributed by atoms with Gasteiger partial charge in [0.15, 0.2) is 22.7 Å². The van der Waals surface area contributed by atoms with Crippen LogP contribution < -0.4 is 9.80 Å². The fraction of sp³-hybridized carbons (Fsp3) is 0.500. The fourth-order valence-electron chi connectivity index (χ4n) is 6.74. The van der Waals surface area contributed by atoms with Gasteiger partial charge in [0.1, 0.15) is 11.6 Å². The summed E-state index contributed by atoms with van der Waals surface area (Å²) in [5.41, 5.74) is 2.41. The van der Waals surface area contributed by atoms with Crippen molar-refractivity contribution in [2.75, 3.05) is 36.0 Å². The molecule has 0 amide bonds. The first kappa shape index (κ1) is 39.7. The van der Waals surface area contributed by atoms with Gasteiger partial charge in [0.05, 0.1) is 24.3 Å². The van der Waals surface area contributed by atoms with Crippen molar-refractivity contribution in [3.63, 3.8) is 0 Å². The van der Waals surface area contributed by atoms with E-state index in [1.807, 2.05) is 62.4 Å². The zero-order valence-corrected chi connectivity index (χ0v) is 34.8. The maximum absolute atomic E-state index is 10.4. The Morgan fingerprint density at radius 3 is 1.29 bits per heavy atom. The molecule has 0 radical (unpaired) electrons. The molecule has 14 nitrogen and oxygen atoms in total. The summed E-state index contributed by atoms with van der Waals surface area (Å²) in [5, 5.41) is 40.7. The number of fused-ring (bicyclic) bond motifs is 2. The molecule has 56 heavy (non-hydrogen) atoms. The first-order valence-electron chi connectivity index (χ1n) is 18.9. The summed E-state index contributed by atoms with van der Waals surface area (Å²) in [4.78, 5) is 26.4. The molecular weight excluding hydrogens is 751 g/mol. The van der Waals surface area contributed by atoms with E-state index < -0.39 is 11.2 Å². The summed E-state index contributed by atoms with van der Waals surface area (Å²) in [6.45, 7) is 19.5. The maximum atomic E-state index is 10.4. The van der Waals surface area contributed by atoms with E-state index in [1.165, 1.54) is 0 Å². The molecule has 0 saturated carbocycles. The lowest BCUT2D eigenvalue weighted by Crippen LogP contribution is -2.31. The Balaban J connectivity index is 0.000000172. The van der Waals surface area contributed by atoms with E-state index in [9.17, 15) is 10.2 Å². The van der Waals surface area contributed by atoms with Crippen molar-refractivity contribution in [3.05, 3.63) is 81.4 Å². The Morgan fingerprint density at radius 2 is 0.964 bits per heavy atom. The van der Waals surface area contributed by atoms with E-state index in [1.54, 1.807) is 9.59 Å². The van der Waals surface area contributed by atoms with E-state index in [2.05, 4.69) is 81.7 Å². The van der Waals surface area contributed by atoms with Crippen molar-refractivity contribution in [1.29, 1.82) is 0 Å². The Bertz CT molecular complexity index is 2210. The summed E-state index contributed by atoms with van der Waals surface area (Å²) < 4.78 is 0. The van der Waals surface area contributed by atoms with Crippen LogP contribution in [0.25, 0.3) is 22.3 Å². The molecule has 2 atom stereocenters. The largest absolute Gasteiger partial charge is 0.388 e. The van der Waals surface area contributed by atoms with Gasteiger partial charge in [0.25, 0.3) is 0 Å². The quantitative estimate of drug-likeness (QED) is 0.192. The summed E-state index contributed by atoms with van der Waals surface area (Å²) in [7, 11) is 0. The zero-order chi connectivity index (χ0) is 40.2. The topological polar surface area (TPSA) is 160 Å². The SMILES string of the molecule is CC(C)(C)c1nc(N2CC[C@@](C)(O)C2)c2nn(Cc3ccccc3Cl)nc2n1.CC(C)(C)c1nc(N2CC[C@](C)(O)C2)c2nn(Cc3ccccc3Cl)nc2n1. The van der Waals surface area contributed by atoms with Gasteiger partial charge in [-0.05, 0) is 49.9 Å². The molecule has 2 fully saturated rings. The normalized spacial score (nSPS) is 20.3. The molecule has 6 heterocycles. The number of anilines is 2. The second-order valence-corrected chi connectivity index (χ2v) is 18.4. The first-order valence-corrected chi connectivity index (χ1v) is 19.7. The minimum Gasteiger partial charge on any atom is -0.388 e. The lowest BCUT2D eigenvalue weighted by Gasteiger charge is -2.22. The summed E-state index contributed by atoms with van der Waals surface area (Å²) in [6, 6.07) is 15.3. The minimum absolute atomic E-state index is 0.225. The standard InChI is InChI=1S/2C20H25ClN6O/c2*1-19(2,3)18-22-16-15(17(23-18)26-10-9-20(4,28)12-26)24-27(25-16)11-13-7-5-6-8-14(13)21/h2*5-8,28H,9-12H2,1-4H3/t2*20-/m10/s1. The summed E-state index contributed by atoms with van der Waals surface area (Å²) >= 11 is 12.6. The van der Waals surface area contributed by atoms with Crippen LogP contribution in [0.2, 0.25) is 10.0 Å². The first-order chi connectivity index (χ1) is 26.2. The lowest BCUT2D eigenvalue weighted by molar-refractivity contribution is 0.0833. The smallest absolute Gasteiger partial charge is 0.207 e. The van der Waals surface area contributed by atoms with Gasteiger partial charge >= 0.3 is 0 Å². The highest BCUT2D eigenvalue weighted by atomic mass is 35.5. The number of aliphatic hydroxyl groups is 2. The Labute approximate surface area is 336 Å². The molecule has 4 aromatic heterocycles. The third-order valence-electron chi connectivity index (χ3n) is 9.93. The van der Waals surface area contributed by atoms with Crippen LogP contribution >= 0.6 is 23.2 Å². The van der Waals surface area contributed by atoms with Gasteiger partial charge in [0.2, 0.25) is 11.3 Å². The molecule has 0 spiro atoms. The average molecular weight is 802 g/mol. The second-order valence-electron chi connectivity index (χ2n) is 17.6. The molecule has 8 rings (SSSR count). The average Bonchev–Trinajstić information content (AvgIpc) is 3.89. The third kappa shape index (κ3) is 8.73. The van der Waals surface area contributed by atoms with E-state index >= 15 is 0 Å². The molecule has 2 aliphatic rings. The number of nitrogens with zero attached hydrogens (tertiary/aromatic N) is 12. The van der Waals surface area contributed by atoms with E-state index in [0.717, 1.165) is 35.9 Å². The van der Waals surface area contributed by atoms with Crippen molar-refractivity contribution in [2.45, 2.75) is 103 Å². The maximum Gasteiger partial charge on any atom is 0.207 e. The lowest BCUT2D eigenvalue weighted by atomic mass is 9.95. The highest BCUT2D eigenvalue weighted by molar-refractivity contribution is 6.31. The molecule has 6 aromatic rings. The van der Waals surface area contributed by atoms with Gasteiger partial charge in [-0.1, -0.05) is 101 Å². The van der Waals surface area contributed by atoms with Gasteiger partial charge in [-0.3, -0.25) is 0 Å².